The number of alkyl halides is 3. The average Bonchev–Trinajstić information content (AvgIpc) is 3.24. The Morgan fingerprint density at radius 3 is 2.46 bits per heavy atom. The number of hydrogen-bond acceptors (Lipinski definition) is 7. The van der Waals surface area contributed by atoms with E-state index in [1.807, 2.05) is 0 Å². The summed E-state index contributed by atoms with van der Waals surface area (Å²) in [5.41, 5.74) is -2.72. The van der Waals surface area contributed by atoms with E-state index >= 15 is 0 Å². The number of rotatable bonds is 7. The molecule has 0 radical (unpaired) electrons. The predicted molar refractivity (Wildman–Crippen MR) is 127 cm³/mol. The van der Waals surface area contributed by atoms with Crippen molar-refractivity contribution in [2.45, 2.75) is 44.6 Å². The van der Waals surface area contributed by atoms with E-state index in [4.69, 9.17) is 9.47 Å². The van der Waals surface area contributed by atoms with Crippen molar-refractivity contribution in [2.75, 3.05) is 11.4 Å². The van der Waals surface area contributed by atoms with E-state index in [0.717, 1.165) is 6.07 Å². The van der Waals surface area contributed by atoms with Crippen molar-refractivity contribution in [1.29, 1.82) is 0 Å². The standard InChI is InChI=1S/C26H23F3N2O7.Na/c1-25(2,38-22(34)10-9-21(32)33)20-13-31(24(36)37-20)15-8-7-14-11-19(30-23(35)17(14)12-15)16-5-3-4-6-18(16)26(27,28)29;/h3-8,11-12,20H,9-10,13H2,1-2H3,(H,30,35)(H,32,33);/q;+1/p-1/t20-;/m0./s1. The third-order valence-corrected chi connectivity index (χ3v) is 6.16. The first-order valence-corrected chi connectivity index (χ1v) is 11.5. The number of aliphatic carboxylic acids is 1. The molecule has 13 heteroatoms. The molecule has 200 valence electrons. The molecule has 1 aliphatic rings. The van der Waals surface area contributed by atoms with Crippen LogP contribution in [0.2, 0.25) is 0 Å². The van der Waals surface area contributed by atoms with E-state index in [0.29, 0.717) is 5.39 Å². The van der Waals surface area contributed by atoms with Crippen LogP contribution >= 0.6 is 0 Å². The summed E-state index contributed by atoms with van der Waals surface area (Å²) in [6.07, 6.45) is -7.20. The van der Waals surface area contributed by atoms with Gasteiger partial charge in [-0.3, -0.25) is 14.5 Å². The number of cyclic esters (lactones) is 1. The Bertz CT molecular complexity index is 1490. The van der Waals surface area contributed by atoms with E-state index in [2.05, 4.69) is 4.98 Å². The maximum Gasteiger partial charge on any atom is 1.00 e. The van der Waals surface area contributed by atoms with Gasteiger partial charge in [-0.25, -0.2) is 4.79 Å². The maximum atomic E-state index is 13.5. The number of nitrogens with zero attached hydrogens (tertiary/aromatic N) is 1. The van der Waals surface area contributed by atoms with E-state index in [1.54, 1.807) is 0 Å². The minimum absolute atomic E-state index is 0. The smallest absolute Gasteiger partial charge is 0.550 e. The zero-order chi connectivity index (χ0) is 27.8. The van der Waals surface area contributed by atoms with Crippen LogP contribution in [0.5, 0.6) is 0 Å². The fraction of sp³-hybridized carbons (Fsp3) is 0.308. The number of aromatic nitrogens is 1. The molecule has 0 aliphatic carbocycles. The fourth-order valence-electron chi connectivity index (χ4n) is 4.18. The minimum Gasteiger partial charge on any atom is -0.550 e. The Balaban J connectivity index is 0.00000420. The third kappa shape index (κ3) is 6.63. The zero-order valence-electron chi connectivity index (χ0n) is 21.3. The first kappa shape index (κ1) is 30.2. The molecule has 1 aromatic heterocycles. The molecular formula is C26H22F3N2NaO7. The monoisotopic (exact) mass is 554 g/mol. The molecule has 9 nitrogen and oxygen atoms in total. The minimum atomic E-state index is -4.62. The molecule has 0 spiro atoms. The first-order chi connectivity index (χ1) is 17.8. The molecular weight excluding hydrogens is 532 g/mol. The van der Waals surface area contributed by atoms with Gasteiger partial charge in [0.2, 0.25) is 0 Å². The molecule has 1 N–H and O–H groups in total. The van der Waals surface area contributed by atoms with Gasteiger partial charge in [0.15, 0.2) is 6.10 Å². The van der Waals surface area contributed by atoms with Crippen molar-refractivity contribution < 1.29 is 71.7 Å². The summed E-state index contributed by atoms with van der Waals surface area (Å²) in [6, 6.07) is 10.8. The number of benzene rings is 2. The Morgan fingerprint density at radius 2 is 1.79 bits per heavy atom. The summed E-state index contributed by atoms with van der Waals surface area (Å²) < 4.78 is 51.1. The SMILES string of the molecule is CC(C)(OC(=O)CCC(=O)[O-])[C@@H]1CN(c2ccc3cc(-c4ccccc4C(F)(F)F)[nH]c(=O)c3c2)C(=O)O1.[Na+]. The molecule has 2 aromatic carbocycles. The molecule has 1 aliphatic heterocycles. The number of aromatic amines is 1. The number of esters is 1. The van der Waals surface area contributed by atoms with Gasteiger partial charge in [-0.2, -0.15) is 13.2 Å². The number of carboxylic acids is 1. The van der Waals surface area contributed by atoms with Crippen LogP contribution in [0, 0.1) is 0 Å². The maximum absolute atomic E-state index is 13.5. The number of carbonyl (C=O) groups excluding carboxylic acids is 3. The van der Waals surface area contributed by atoms with Crippen molar-refractivity contribution >= 4 is 34.5 Å². The van der Waals surface area contributed by atoms with Crippen molar-refractivity contribution in [3.63, 3.8) is 0 Å². The van der Waals surface area contributed by atoms with Crippen LogP contribution in [0.4, 0.5) is 23.7 Å². The van der Waals surface area contributed by atoms with Crippen LogP contribution in [0.1, 0.15) is 32.3 Å². The Labute approximate surface area is 242 Å². The number of fused-ring (bicyclic) bond motifs is 1. The second-order valence-corrected chi connectivity index (χ2v) is 9.26. The number of carbonyl (C=O) groups is 3. The second-order valence-electron chi connectivity index (χ2n) is 9.26. The number of amides is 1. The normalized spacial score (nSPS) is 15.6. The summed E-state index contributed by atoms with van der Waals surface area (Å²) in [6.45, 7) is 2.98. The molecule has 1 atom stereocenters. The molecule has 0 unspecified atom stereocenters. The van der Waals surface area contributed by atoms with Gasteiger partial charge in [-0.05, 0) is 49.9 Å². The van der Waals surface area contributed by atoms with E-state index in [9.17, 15) is 37.5 Å². The van der Waals surface area contributed by atoms with Gasteiger partial charge in [-0.1, -0.05) is 24.3 Å². The number of H-pyrrole nitrogens is 1. The summed E-state index contributed by atoms with van der Waals surface area (Å²) >= 11 is 0. The Hall–Kier alpha value is -3.35. The van der Waals surface area contributed by atoms with Crippen molar-refractivity contribution in [2.24, 2.45) is 0 Å². The second kappa shape index (κ2) is 11.4. The van der Waals surface area contributed by atoms with Crippen LogP contribution in [0.15, 0.2) is 53.3 Å². The van der Waals surface area contributed by atoms with Crippen LogP contribution in [0.25, 0.3) is 22.0 Å². The molecule has 0 saturated carbocycles. The molecule has 1 amide bonds. The first-order valence-electron chi connectivity index (χ1n) is 11.5. The van der Waals surface area contributed by atoms with Gasteiger partial charge >= 0.3 is 47.8 Å². The number of anilines is 1. The molecule has 4 rings (SSSR count). The summed E-state index contributed by atoms with van der Waals surface area (Å²) in [5, 5.41) is 11.1. The summed E-state index contributed by atoms with van der Waals surface area (Å²) in [5.74, 6) is -2.20. The van der Waals surface area contributed by atoms with Crippen molar-refractivity contribution in [1.82, 2.24) is 4.98 Å². The van der Waals surface area contributed by atoms with Crippen molar-refractivity contribution in [3.8, 4) is 11.3 Å². The Kier molecular flexibility index (Phi) is 8.83. The number of pyridine rings is 1. The van der Waals surface area contributed by atoms with E-state index < -0.39 is 59.9 Å². The van der Waals surface area contributed by atoms with Gasteiger partial charge < -0.3 is 24.4 Å². The van der Waals surface area contributed by atoms with Gasteiger partial charge in [0, 0.05) is 28.3 Å². The molecule has 1 saturated heterocycles. The van der Waals surface area contributed by atoms with Crippen LogP contribution in [0.3, 0.4) is 0 Å². The third-order valence-electron chi connectivity index (χ3n) is 6.16. The number of halogens is 3. The zero-order valence-corrected chi connectivity index (χ0v) is 23.3. The quantitative estimate of drug-likeness (QED) is 0.331. The molecule has 3 aromatic rings. The van der Waals surface area contributed by atoms with Gasteiger partial charge in [0.05, 0.1) is 18.5 Å². The molecule has 1 fully saturated rings. The van der Waals surface area contributed by atoms with Gasteiger partial charge in [0.1, 0.15) is 5.60 Å². The van der Waals surface area contributed by atoms with Gasteiger partial charge in [0.25, 0.3) is 5.56 Å². The predicted octanol–water partition coefficient (Wildman–Crippen LogP) is 0.395. The van der Waals surface area contributed by atoms with Crippen LogP contribution < -0.4 is 45.1 Å². The largest absolute Gasteiger partial charge is 1.00 e. The number of hydrogen-bond donors (Lipinski definition) is 1. The molecule has 39 heavy (non-hydrogen) atoms. The van der Waals surface area contributed by atoms with Crippen molar-refractivity contribution in [3.05, 3.63) is 64.4 Å². The van der Waals surface area contributed by atoms with E-state index in [1.165, 1.54) is 61.2 Å². The van der Waals surface area contributed by atoms with Crippen LogP contribution in [-0.4, -0.2) is 41.3 Å². The summed E-state index contributed by atoms with van der Waals surface area (Å²) in [4.78, 5) is 51.7. The van der Waals surface area contributed by atoms with Gasteiger partial charge in [-0.15, -0.1) is 0 Å². The fourth-order valence-corrected chi connectivity index (χ4v) is 4.18. The number of nitrogens with one attached hydrogen (secondary N) is 1. The van der Waals surface area contributed by atoms with Crippen LogP contribution in [-0.2, 0) is 25.2 Å². The molecule has 0 bridgehead atoms. The summed E-state index contributed by atoms with van der Waals surface area (Å²) in [7, 11) is 0. The van der Waals surface area contributed by atoms with E-state index in [-0.39, 0.29) is 58.4 Å². The number of ether oxygens (including phenoxy) is 2. The Morgan fingerprint density at radius 1 is 1.10 bits per heavy atom. The average molecular weight is 554 g/mol. The number of carboxylic acid groups (broad SMARTS) is 1. The molecule has 2 heterocycles. The topological polar surface area (TPSA) is 129 Å².